The molecule has 4 nitrogen and oxygen atoms in total. The maximum absolute atomic E-state index is 2.35. The highest BCUT2D eigenvalue weighted by Gasteiger charge is 2.20. The summed E-state index contributed by atoms with van der Waals surface area (Å²) in [6, 6.07) is 7.87. The van der Waals surface area contributed by atoms with Gasteiger partial charge in [0.25, 0.3) is 0 Å². The number of hydrogen-bond acceptors (Lipinski definition) is 4. The SMILES string of the molecule is Cc1cc(N2C=CN(C(C)C)C2)cc(N2C=CN(C(C)C)C2)c1. The Morgan fingerprint density at radius 3 is 1.48 bits per heavy atom. The van der Waals surface area contributed by atoms with Gasteiger partial charge in [-0.1, -0.05) is 0 Å². The smallest absolute Gasteiger partial charge is 0.0944 e. The second kappa shape index (κ2) is 6.19. The summed E-state index contributed by atoms with van der Waals surface area (Å²) >= 11 is 0. The average Bonchev–Trinajstić information content (AvgIpc) is 3.16. The van der Waals surface area contributed by atoms with Gasteiger partial charge in [0, 0.05) is 48.3 Å². The highest BCUT2D eigenvalue weighted by molar-refractivity contribution is 5.64. The molecule has 1 aromatic carbocycles. The summed E-state index contributed by atoms with van der Waals surface area (Å²) in [5.74, 6) is 0. The lowest BCUT2D eigenvalue weighted by molar-refractivity contribution is 0.335. The molecule has 2 heterocycles. The second-order valence-corrected chi connectivity index (χ2v) is 7.06. The van der Waals surface area contributed by atoms with Crippen LogP contribution in [0.3, 0.4) is 0 Å². The van der Waals surface area contributed by atoms with Crippen molar-refractivity contribution in [2.45, 2.75) is 46.7 Å². The van der Waals surface area contributed by atoms with Crippen molar-refractivity contribution in [1.29, 1.82) is 0 Å². The first-order valence-corrected chi connectivity index (χ1v) is 8.47. The van der Waals surface area contributed by atoms with E-state index in [0.717, 1.165) is 13.3 Å². The minimum absolute atomic E-state index is 0.529. The van der Waals surface area contributed by atoms with Crippen LogP contribution in [0, 0.1) is 6.92 Å². The van der Waals surface area contributed by atoms with E-state index in [4.69, 9.17) is 0 Å². The van der Waals surface area contributed by atoms with Gasteiger partial charge in [-0.3, -0.25) is 0 Å². The third-order valence-electron chi connectivity index (χ3n) is 4.54. The first-order chi connectivity index (χ1) is 10.9. The summed E-state index contributed by atoms with van der Waals surface area (Å²) in [5.41, 5.74) is 3.82. The van der Waals surface area contributed by atoms with Crippen molar-refractivity contribution in [2.24, 2.45) is 0 Å². The fraction of sp³-hybridized carbons (Fsp3) is 0.474. The second-order valence-electron chi connectivity index (χ2n) is 7.06. The minimum Gasteiger partial charge on any atom is -0.356 e. The molecule has 0 spiro atoms. The van der Waals surface area contributed by atoms with E-state index in [1.54, 1.807) is 0 Å². The highest BCUT2D eigenvalue weighted by atomic mass is 15.4. The van der Waals surface area contributed by atoms with Crippen LogP contribution in [0.15, 0.2) is 43.0 Å². The molecule has 2 aliphatic heterocycles. The molecule has 0 N–H and O–H groups in total. The molecule has 0 amide bonds. The quantitative estimate of drug-likeness (QED) is 0.835. The monoisotopic (exact) mass is 312 g/mol. The van der Waals surface area contributed by atoms with Gasteiger partial charge in [-0.15, -0.1) is 0 Å². The third-order valence-corrected chi connectivity index (χ3v) is 4.54. The van der Waals surface area contributed by atoms with Crippen LogP contribution in [-0.4, -0.2) is 35.2 Å². The van der Waals surface area contributed by atoms with Gasteiger partial charge < -0.3 is 19.6 Å². The number of benzene rings is 1. The van der Waals surface area contributed by atoms with E-state index in [9.17, 15) is 0 Å². The van der Waals surface area contributed by atoms with Crippen LogP contribution in [0.1, 0.15) is 33.3 Å². The maximum Gasteiger partial charge on any atom is 0.0944 e. The normalized spacial score (nSPS) is 17.5. The molecule has 0 saturated heterocycles. The van der Waals surface area contributed by atoms with Gasteiger partial charge in [0.1, 0.15) is 0 Å². The molecule has 0 aliphatic carbocycles. The van der Waals surface area contributed by atoms with Crippen LogP contribution < -0.4 is 9.80 Å². The predicted octanol–water partition coefficient (Wildman–Crippen LogP) is 3.91. The zero-order chi connectivity index (χ0) is 16.6. The minimum atomic E-state index is 0.529. The summed E-state index contributed by atoms with van der Waals surface area (Å²) in [6.07, 6.45) is 8.73. The van der Waals surface area contributed by atoms with Gasteiger partial charge in [0.15, 0.2) is 0 Å². The molecule has 0 fully saturated rings. The highest BCUT2D eigenvalue weighted by Crippen LogP contribution is 2.29. The molecule has 124 valence electrons. The van der Waals surface area contributed by atoms with Crippen molar-refractivity contribution in [3.63, 3.8) is 0 Å². The van der Waals surface area contributed by atoms with E-state index in [0.29, 0.717) is 12.1 Å². The number of rotatable bonds is 4. The van der Waals surface area contributed by atoms with Gasteiger partial charge in [0.2, 0.25) is 0 Å². The average molecular weight is 312 g/mol. The lowest BCUT2D eigenvalue weighted by atomic mass is 10.1. The first kappa shape index (κ1) is 15.8. The third kappa shape index (κ3) is 3.31. The van der Waals surface area contributed by atoms with Gasteiger partial charge in [-0.05, 0) is 58.4 Å². The molecule has 3 rings (SSSR count). The van der Waals surface area contributed by atoms with Crippen molar-refractivity contribution >= 4 is 11.4 Å². The van der Waals surface area contributed by atoms with Crippen LogP contribution in [0.25, 0.3) is 0 Å². The fourth-order valence-corrected chi connectivity index (χ4v) is 2.95. The molecule has 0 radical (unpaired) electrons. The Morgan fingerprint density at radius 2 is 1.13 bits per heavy atom. The van der Waals surface area contributed by atoms with Crippen LogP contribution in [0.2, 0.25) is 0 Å². The maximum atomic E-state index is 2.35. The van der Waals surface area contributed by atoms with Crippen LogP contribution in [0.4, 0.5) is 11.4 Å². The Hall–Kier alpha value is -2.10. The topological polar surface area (TPSA) is 13.0 Å². The summed E-state index contributed by atoms with van der Waals surface area (Å²) in [4.78, 5) is 9.32. The van der Waals surface area contributed by atoms with Gasteiger partial charge >= 0.3 is 0 Å². The van der Waals surface area contributed by atoms with Gasteiger partial charge in [-0.2, -0.15) is 0 Å². The predicted molar refractivity (Wildman–Crippen MR) is 98.1 cm³/mol. The molecule has 0 bridgehead atoms. The summed E-state index contributed by atoms with van der Waals surface area (Å²) in [7, 11) is 0. The van der Waals surface area contributed by atoms with E-state index in [-0.39, 0.29) is 0 Å². The molecule has 0 unspecified atom stereocenters. The summed E-state index contributed by atoms with van der Waals surface area (Å²) in [5, 5.41) is 0. The van der Waals surface area contributed by atoms with Crippen LogP contribution >= 0.6 is 0 Å². The Balaban J connectivity index is 1.79. The zero-order valence-electron chi connectivity index (χ0n) is 14.9. The van der Waals surface area contributed by atoms with E-state index in [2.05, 4.69) is 97.2 Å². The van der Waals surface area contributed by atoms with E-state index in [1.807, 2.05) is 0 Å². The summed E-state index contributed by atoms with van der Waals surface area (Å²) < 4.78 is 0. The number of nitrogens with zero attached hydrogens (tertiary/aromatic N) is 4. The molecule has 0 saturated carbocycles. The zero-order valence-corrected chi connectivity index (χ0v) is 14.9. The van der Waals surface area contributed by atoms with Crippen molar-refractivity contribution < 1.29 is 0 Å². The molecular weight excluding hydrogens is 284 g/mol. The Bertz CT molecular complexity index is 568. The molecule has 23 heavy (non-hydrogen) atoms. The molecule has 0 atom stereocenters. The van der Waals surface area contributed by atoms with Crippen LogP contribution in [-0.2, 0) is 0 Å². The lowest BCUT2D eigenvalue weighted by Crippen LogP contribution is -2.31. The molecular formula is C19H28N4. The van der Waals surface area contributed by atoms with E-state index >= 15 is 0 Å². The van der Waals surface area contributed by atoms with Crippen molar-refractivity contribution in [2.75, 3.05) is 23.1 Å². The number of anilines is 2. The van der Waals surface area contributed by atoms with E-state index in [1.165, 1.54) is 16.9 Å². The van der Waals surface area contributed by atoms with Crippen molar-refractivity contribution in [1.82, 2.24) is 9.80 Å². The number of aryl methyl sites for hydroxylation is 1. The standard InChI is InChI=1S/C19H28N4/c1-15(2)20-6-8-22(13-20)18-10-17(5)11-19(12-18)23-9-7-21(14-23)16(3)4/h6-12,15-16H,13-14H2,1-5H3. The Morgan fingerprint density at radius 1 is 0.696 bits per heavy atom. The van der Waals surface area contributed by atoms with Crippen molar-refractivity contribution in [3.05, 3.63) is 48.6 Å². The molecule has 1 aromatic rings. The molecule has 4 heteroatoms. The largest absolute Gasteiger partial charge is 0.356 e. The molecule has 2 aliphatic rings. The van der Waals surface area contributed by atoms with Gasteiger partial charge in [-0.25, -0.2) is 0 Å². The van der Waals surface area contributed by atoms with E-state index < -0.39 is 0 Å². The van der Waals surface area contributed by atoms with Crippen LogP contribution in [0.5, 0.6) is 0 Å². The summed E-state index contributed by atoms with van der Waals surface area (Å²) in [6.45, 7) is 12.9. The number of hydrogen-bond donors (Lipinski definition) is 0. The fourth-order valence-electron chi connectivity index (χ4n) is 2.95. The van der Waals surface area contributed by atoms with Crippen molar-refractivity contribution in [3.8, 4) is 0 Å². The van der Waals surface area contributed by atoms with Gasteiger partial charge in [0.05, 0.1) is 13.3 Å². The molecule has 0 aromatic heterocycles. The Labute approximate surface area is 140 Å². The Kier molecular flexibility index (Phi) is 4.24. The first-order valence-electron chi connectivity index (χ1n) is 8.47. The lowest BCUT2D eigenvalue weighted by Gasteiger charge is -2.27.